The molecule has 0 amide bonds. The lowest BCUT2D eigenvalue weighted by molar-refractivity contribution is -0.147. The smallest absolute Gasteiger partial charge is 0.306 e. The highest BCUT2D eigenvalue weighted by molar-refractivity contribution is 6.32. The van der Waals surface area contributed by atoms with E-state index in [-0.39, 0.29) is 18.1 Å². The van der Waals surface area contributed by atoms with E-state index >= 15 is 0 Å². The summed E-state index contributed by atoms with van der Waals surface area (Å²) in [4.78, 5) is 13.1. The summed E-state index contributed by atoms with van der Waals surface area (Å²) >= 11 is 6.17. The molecule has 1 N–H and O–H groups in total. The Bertz CT molecular complexity index is 547. The van der Waals surface area contributed by atoms with E-state index in [0.29, 0.717) is 30.5 Å². The molecule has 0 spiro atoms. The van der Waals surface area contributed by atoms with Gasteiger partial charge in [-0.05, 0) is 31.5 Å². The predicted molar refractivity (Wildman–Crippen MR) is 84.5 cm³/mol. The molecule has 5 nitrogen and oxygen atoms in total. The number of carboxylic acids is 1. The van der Waals surface area contributed by atoms with Crippen molar-refractivity contribution < 1.29 is 19.4 Å². The lowest BCUT2D eigenvalue weighted by atomic mass is 9.98. The van der Waals surface area contributed by atoms with Crippen LogP contribution in [0.4, 0.5) is 0 Å². The maximum Gasteiger partial charge on any atom is 0.306 e. The zero-order chi connectivity index (χ0) is 16.3. The van der Waals surface area contributed by atoms with E-state index in [9.17, 15) is 4.79 Å². The molecule has 1 aromatic rings. The van der Waals surface area contributed by atoms with Crippen molar-refractivity contribution in [1.29, 1.82) is 0 Å². The molecule has 0 aromatic heterocycles. The summed E-state index contributed by atoms with van der Waals surface area (Å²) in [5.74, 6) is -0.187. The fourth-order valence-corrected chi connectivity index (χ4v) is 2.86. The SMILES string of the molecule is COc1ccc(CN2CC(CC(=O)O)OCC2(C)C)cc1Cl. The van der Waals surface area contributed by atoms with Gasteiger partial charge in [0, 0.05) is 18.6 Å². The van der Waals surface area contributed by atoms with E-state index < -0.39 is 5.97 Å². The molecule has 1 fully saturated rings. The van der Waals surface area contributed by atoms with Crippen LogP contribution in [0.5, 0.6) is 5.75 Å². The summed E-state index contributed by atoms with van der Waals surface area (Å²) < 4.78 is 10.8. The van der Waals surface area contributed by atoms with Crippen molar-refractivity contribution in [3.8, 4) is 5.75 Å². The highest BCUT2D eigenvalue weighted by Gasteiger charge is 2.35. The number of ether oxygens (including phenoxy) is 2. The summed E-state index contributed by atoms with van der Waals surface area (Å²) in [5, 5.41) is 9.51. The van der Waals surface area contributed by atoms with Gasteiger partial charge >= 0.3 is 5.97 Å². The molecule has 1 aromatic carbocycles. The van der Waals surface area contributed by atoms with E-state index in [4.69, 9.17) is 26.2 Å². The van der Waals surface area contributed by atoms with Crippen molar-refractivity contribution >= 4 is 17.6 Å². The molecule has 1 saturated heterocycles. The lowest BCUT2D eigenvalue weighted by Crippen LogP contribution is -2.55. The highest BCUT2D eigenvalue weighted by Crippen LogP contribution is 2.29. The fraction of sp³-hybridized carbons (Fsp3) is 0.562. The zero-order valence-corrected chi connectivity index (χ0v) is 13.9. The maximum atomic E-state index is 10.9. The van der Waals surface area contributed by atoms with Crippen LogP contribution in [-0.4, -0.2) is 47.9 Å². The molecule has 1 aliphatic heterocycles. The van der Waals surface area contributed by atoms with E-state index in [1.807, 2.05) is 18.2 Å². The summed E-state index contributed by atoms with van der Waals surface area (Å²) in [5.41, 5.74) is 0.913. The van der Waals surface area contributed by atoms with Gasteiger partial charge in [-0.25, -0.2) is 0 Å². The molecular formula is C16H22ClNO4. The number of aliphatic carboxylic acids is 1. The molecule has 1 atom stereocenters. The largest absolute Gasteiger partial charge is 0.495 e. The molecule has 1 unspecified atom stereocenters. The second-order valence-corrected chi connectivity index (χ2v) is 6.60. The van der Waals surface area contributed by atoms with Gasteiger partial charge in [-0.1, -0.05) is 17.7 Å². The number of halogens is 1. The van der Waals surface area contributed by atoms with Crippen LogP contribution in [0.15, 0.2) is 18.2 Å². The molecule has 6 heteroatoms. The van der Waals surface area contributed by atoms with Crippen LogP contribution >= 0.6 is 11.6 Å². The van der Waals surface area contributed by atoms with E-state index in [0.717, 1.165) is 5.56 Å². The first kappa shape index (κ1) is 17.1. The Morgan fingerprint density at radius 3 is 2.86 bits per heavy atom. The van der Waals surface area contributed by atoms with E-state index in [1.165, 1.54) is 0 Å². The number of carbonyl (C=O) groups is 1. The van der Waals surface area contributed by atoms with Crippen LogP contribution in [-0.2, 0) is 16.1 Å². The number of benzene rings is 1. The van der Waals surface area contributed by atoms with Crippen molar-refractivity contribution in [2.75, 3.05) is 20.3 Å². The lowest BCUT2D eigenvalue weighted by Gasteiger charge is -2.45. The van der Waals surface area contributed by atoms with Gasteiger partial charge in [0.15, 0.2) is 0 Å². The van der Waals surface area contributed by atoms with Crippen LogP contribution in [0.3, 0.4) is 0 Å². The van der Waals surface area contributed by atoms with Gasteiger partial charge in [0.1, 0.15) is 5.75 Å². The van der Waals surface area contributed by atoms with Gasteiger partial charge in [0.2, 0.25) is 0 Å². The molecule has 0 radical (unpaired) electrons. The minimum absolute atomic E-state index is 0.0238. The Kier molecular flexibility index (Phi) is 5.32. The maximum absolute atomic E-state index is 10.9. The van der Waals surface area contributed by atoms with Crippen LogP contribution in [0, 0.1) is 0 Å². The van der Waals surface area contributed by atoms with Crippen molar-refractivity contribution in [2.45, 2.75) is 38.5 Å². The zero-order valence-electron chi connectivity index (χ0n) is 13.1. The van der Waals surface area contributed by atoms with Crippen molar-refractivity contribution in [3.05, 3.63) is 28.8 Å². The Morgan fingerprint density at radius 2 is 2.27 bits per heavy atom. The number of methoxy groups -OCH3 is 1. The first-order chi connectivity index (χ1) is 10.3. The monoisotopic (exact) mass is 327 g/mol. The molecule has 0 saturated carbocycles. The quantitative estimate of drug-likeness (QED) is 0.901. The number of morpholine rings is 1. The van der Waals surface area contributed by atoms with Crippen LogP contribution in [0.25, 0.3) is 0 Å². The normalized spacial score (nSPS) is 21.5. The minimum Gasteiger partial charge on any atom is -0.495 e. The molecule has 1 aliphatic rings. The Balaban J connectivity index is 2.10. The third-order valence-corrected chi connectivity index (χ3v) is 4.24. The second kappa shape index (κ2) is 6.86. The number of carboxylic acid groups (broad SMARTS) is 1. The average molecular weight is 328 g/mol. The van der Waals surface area contributed by atoms with Crippen LogP contribution in [0.2, 0.25) is 5.02 Å². The Labute approximate surface area is 135 Å². The fourth-order valence-electron chi connectivity index (χ4n) is 2.58. The molecule has 22 heavy (non-hydrogen) atoms. The van der Waals surface area contributed by atoms with Gasteiger partial charge in [0.25, 0.3) is 0 Å². The average Bonchev–Trinajstić information content (AvgIpc) is 2.42. The Hall–Kier alpha value is -1.30. The predicted octanol–water partition coefficient (Wildman–Crippen LogP) is 2.80. The number of hydrogen-bond acceptors (Lipinski definition) is 4. The van der Waals surface area contributed by atoms with Gasteiger partial charge < -0.3 is 14.6 Å². The van der Waals surface area contributed by atoms with E-state index in [1.54, 1.807) is 7.11 Å². The molecule has 0 bridgehead atoms. The van der Waals surface area contributed by atoms with Crippen molar-refractivity contribution in [1.82, 2.24) is 4.90 Å². The highest BCUT2D eigenvalue weighted by atomic mass is 35.5. The van der Waals surface area contributed by atoms with Crippen LogP contribution in [0.1, 0.15) is 25.8 Å². The molecule has 1 heterocycles. The first-order valence-corrected chi connectivity index (χ1v) is 7.60. The van der Waals surface area contributed by atoms with Crippen molar-refractivity contribution in [2.24, 2.45) is 0 Å². The number of nitrogens with zero attached hydrogens (tertiary/aromatic N) is 1. The van der Waals surface area contributed by atoms with E-state index in [2.05, 4.69) is 18.7 Å². The van der Waals surface area contributed by atoms with Crippen molar-refractivity contribution in [3.63, 3.8) is 0 Å². The summed E-state index contributed by atoms with van der Waals surface area (Å²) in [7, 11) is 1.59. The van der Waals surface area contributed by atoms with Gasteiger partial charge in [-0.3, -0.25) is 9.69 Å². The van der Waals surface area contributed by atoms with Gasteiger partial charge in [-0.2, -0.15) is 0 Å². The van der Waals surface area contributed by atoms with Gasteiger partial charge in [-0.15, -0.1) is 0 Å². The molecule has 122 valence electrons. The summed E-state index contributed by atoms with van der Waals surface area (Å²) in [6.07, 6.45) is -0.255. The number of rotatable bonds is 5. The third kappa shape index (κ3) is 4.12. The number of hydrogen-bond donors (Lipinski definition) is 1. The topological polar surface area (TPSA) is 59.0 Å². The van der Waals surface area contributed by atoms with Gasteiger partial charge in [0.05, 0.1) is 31.3 Å². The molecule has 0 aliphatic carbocycles. The third-order valence-electron chi connectivity index (χ3n) is 3.94. The van der Waals surface area contributed by atoms with Crippen LogP contribution < -0.4 is 4.74 Å². The molecular weight excluding hydrogens is 306 g/mol. The standard InChI is InChI=1S/C16H22ClNO4/c1-16(2)10-22-12(7-15(19)20)9-18(16)8-11-4-5-14(21-3)13(17)6-11/h4-6,12H,7-10H2,1-3H3,(H,19,20). The summed E-state index contributed by atoms with van der Waals surface area (Å²) in [6.45, 7) is 5.97. The minimum atomic E-state index is -0.836. The first-order valence-electron chi connectivity index (χ1n) is 7.22. The summed E-state index contributed by atoms with van der Waals surface area (Å²) in [6, 6.07) is 5.71. The second-order valence-electron chi connectivity index (χ2n) is 6.19. The molecule has 2 rings (SSSR count). The Morgan fingerprint density at radius 1 is 1.55 bits per heavy atom.